The summed E-state index contributed by atoms with van der Waals surface area (Å²) < 4.78 is 11.3. The first-order valence-electron chi connectivity index (χ1n) is 10.0. The summed E-state index contributed by atoms with van der Waals surface area (Å²) in [4.78, 5) is 31.1. The zero-order chi connectivity index (χ0) is 19.9. The number of carbonyl (C=O) groups is 2. The van der Waals surface area contributed by atoms with E-state index in [0.717, 1.165) is 6.42 Å². The van der Waals surface area contributed by atoms with Gasteiger partial charge >= 0.3 is 0 Å². The van der Waals surface area contributed by atoms with Gasteiger partial charge in [-0.25, -0.2) is 0 Å². The second-order valence-corrected chi connectivity index (χ2v) is 7.37. The molecule has 2 N–H and O–H groups in total. The van der Waals surface area contributed by atoms with Gasteiger partial charge in [0.1, 0.15) is 5.75 Å². The van der Waals surface area contributed by atoms with Crippen LogP contribution in [-0.2, 0) is 14.3 Å². The van der Waals surface area contributed by atoms with Crippen molar-refractivity contribution in [2.45, 2.75) is 44.8 Å². The van der Waals surface area contributed by atoms with Crippen LogP contribution in [0.4, 0.5) is 0 Å². The Morgan fingerprint density at radius 3 is 2.82 bits per heavy atom. The van der Waals surface area contributed by atoms with E-state index in [1.807, 2.05) is 11.8 Å². The highest BCUT2D eigenvalue weighted by Crippen LogP contribution is 2.29. The van der Waals surface area contributed by atoms with Crippen LogP contribution >= 0.6 is 0 Å². The molecule has 1 aromatic rings. The number of pyridine rings is 1. The largest absolute Gasteiger partial charge is 0.506 e. The highest BCUT2D eigenvalue weighted by molar-refractivity contribution is 5.94. The second kappa shape index (κ2) is 9.84. The molecule has 2 aliphatic rings. The zero-order valence-corrected chi connectivity index (χ0v) is 16.3. The Bertz CT molecular complexity index is 678. The average Bonchev–Trinajstić information content (AvgIpc) is 2.73. The Morgan fingerprint density at radius 1 is 1.32 bits per heavy atom. The van der Waals surface area contributed by atoms with Crippen LogP contribution in [-0.4, -0.2) is 71.9 Å². The van der Waals surface area contributed by atoms with Crippen molar-refractivity contribution in [1.82, 2.24) is 15.2 Å². The Morgan fingerprint density at radius 2 is 2.11 bits per heavy atom. The molecule has 28 heavy (non-hydrogen) atoms. The maximum absolute atomic E-state index is 12.9. The summed E-state index contributed by atoms with van der Waals surface area (Å²) in [5.74, 6) is -0.270. The molecule has 1 aromatic heterocycles. The molecule has 2 heterocycles. The van der Waals surface area contributed by atoms with Gasteiger partial charge in [-0.3, -0.25) is 14.6 Å². The standard InChI is InChI=1S/C20H29N3O5/c1-2-7-28-18-11-14(20(26)23-5-8-27-9-6-23)3-4-17(18)22-19(25)15-10-16(24)13-21-12-15/h10,12-14,17-18,24H,2-9,11H2,1H3,(H,22,25)/t14-,17+,18+/m0/s1. The summed E-state index contributed by atoms with van der Waals surface area (Å²) in [6.07, 6.45) is 5.35. The fourth-order valence-electron chi connectivity index (χ4n) is 3.82. The number of rotatable bonds is 6. The molecule has 8 heteroatoms. The van der Waals surface area contributed by atoms with Crippen molar-refractivity contribution in [3.05, 3.63) is 24.0 Å². The third-order valence-corrected chi connectivity index (χ3v) is 5.30. The fourth-order valence-corrected chi connectivity index (χ4v) is 3.82. The number of hydrogen-bond donors (Lipinski definition) is 2. The molecule has 2 amide bonds. The van der Waals surface area contributed by atoms with Crippen LogP contribution in [0.25, 0.3) is 0 Å². The lowest BCUT2D eigenvalue weighted by atomic mass is 9.82. The van der Waals surface area contributed by atoms with Crippen LogP contribution in [0.15, 0.2) is 18.5 Å². The highest BCUT2D eigenvalue weighted by Gasteiger charge is 2.37. The Balaban J connectivity index is 1.63. The first kappa shape index (κ1) is 20.5. The molecule has 1 saturated heterocycles. The Labute approximate surface area is 165 Å². The topological polar surface area (TPSA) is 101 Å². The Kier molecular flexibility index (Phi) is 7.22. The molecule has 1 aliphatic heterocycles. The van der Waals surface area contributed by atoms with Gasteiger partial charge in [0, 0.05) is 31.8 Å². The minimum absolute atomic E-state index is 0.0498. The predicted molar refractivity (Wildman–Crippen MR) is 102 cm³/mol. The van der Waals surface area contributed by atoms with Crippen LogP contribution in [0.3, 0.4) is 0 Å². The van der Waals surface area contributed by atoms with Crippen molar-refractivity contribution in [1.29, 1.82) is 0 Å². The number of carbonyl (C=O) groups excluding carboxylic acids is 2. The SMILES string of the molecule is CCCO[C@@H]1C[C@@H](C(=O)N2CCOCC2)CC[C@H]1NC(=O)c1cncc(O)c1. The van der Waals surface area contributed by atoms with E-state index < -0.39 is 0 Å². The molecule has 0 spiro atoms. The summed E-state index contributed by atoms with van der Waals surface area (Å²) in [6.45, 7) is 5.07. The van der Waals surface area contributed by atoms with Gasteiger partial charge in [-0.2, -0.15) is 0 Å². The quantitative estimate of drug-likeness (QED) is 0.759. The maximum atomic E-state index is 12.9. The third-order valence-electron chi connectivity index (χ3n) is 5.30. The van der Waals surface area contributed by atoms with Crippen LogP contribution < -0.4 is 5.32 Å². The van der Waals surface area contributed by atoms with Crippen molar-refractivity contribution in [3.63, 3.8) is 0 Å². The number of nitrogens with zero attached hydrogens (tertiary/aromatic N) is 2. The summed E-state index contributed by atoms with van der Waals surface area (Å²) in [6, 6.07) is 1.22. The van der Waals surface area contributed by atoms with Crippen molar-refractivity contribution in [2.24, 2.45) is 5.92 Å². The summed E-state index contributed by atoms with van der Waals surface area (Å²) in [5.41, 5.74) is 0.306. The van der Waals surface area contributed by atoms with Gasteiger partial charge in [0.15, 0.2) is 0 Å². The van der Waals surface area contributed by atoms with E-state index in [-0.39, 0.29) is 35.6 Å². The first-order chi connectivity index (χ1) is 13.6. The second-order valence-electron chi connectivity index (χ2n) is 7.37. The van der Waals surface area contributed by atoms with Crippen molar-refractivity contribution < 1.29 is 24.2 Å². The molecule has 0 radical (unpaired) electrons. The van der Waals surface area contributed by atoms with Gasteiger partial charge < -0.3 is 24.8 Å². The molecule has 0 bridgehead atoms. The number of amides is 2. The molecule has 0 unspecified atom stereocenters. The van der Waals surface area contributed by atoms with E-state index in [1.165, 1.54) is 18.5 Å². The van der Waals surface area contributed by atoms with Crippen molar-refractivity contribution in [3.8, 4) is 5.75 Å². The smallest absolute Gasteiger partial charge is 0.253 e. The zero-order valence-electron chi connectivity index (χ0n) is 16.3. The molecule has 1 aliphatic carbocycles. The molecule has 0 aromatic carbocycles. The van der Waals surface area contributed by atoms with E-state index in [4.69, 9.17) is 9.47 Å². The number of aromatic hydroxyl groups is 1. The fraction of sp³-hybridized carbons (Fsp3) is 0.650. The number of ether oxygens (including phenoxy) is 2. The lowest BCUT2D eigenvalue weighted by molar-refractivity contribution is -0.143. The molecule has 3 atom stereocenters. The third kappa shape index (κ3) is 5.20. The van der Waals surface area contributed by atoms with Crippen LogP contribution in [0.2, 0.25) is 0 Å². The van der Waals surface area contributed by atoms with E-state index >= 15 is 0 Å². The van der Waals surface area contributed by atoms with E-state index in [9.17, 15) is 14.7 Å². The highest BCUT2D eigenvalue weighted by atomic mass is 16.5. The molecule has 2 fully saturated rings. The first-order valence-corrected chi connectivity index (χ1v) is 10.0. The average molecular weight is 391 g/mol. The number of hydrogen-bond acceptors (Lipinski definition) is 6. The van der Waals surface area contributed by atoms with Gasteiger partial charge in [0.25, 0.3) is 5.91 Å². The minimum Gasteiger partial charge on any atom is -0.506 e. The molecular formula is C20H29N3O5. The van der Waals surface area contributed by atoms with Gasteiger partial charge in [0.05, 0.1) is 37.1 Å². The van der Waals surface area contributed by atoms with Crippen molar-refractivity contribution >= 4 is 11.8 Å². The van der Waals surface area contributed by atoms with Crippen LogP contribution in [0, 0.1) is 5.92 Å². The predicted octanol–water partition coefficient (Wildman–Crippen LogP) is 1.34. The normalized spacial score (nSPS) is 25.3. The lowest BCUT2D eigenvalue weighted by Crippen LogP contribution is -2.51. The molecular weight excluding hydrogens is 362 g/mol. The van der Waals surface area contributed by atoms with E-state index in [0.29, 0.717) is 57.7 Å². The van der Waals surface area contributed by atoms with Gasteiger partial charge in [-0.05, 0) is 31.7 Å². The maximum Gasteiger partial charge on any atom is 0.253 e. The van der Waals surface area contributed by atoms with Crippen molar-refractivity contribution in [2.75, 3.05) is 32.9 Å². The van der Waals surface area contributed by atoms with E-state index in [2.05, 4.69) is 10.3 Å². The summed E-state index contributed by atoms with van der Waals surface area (Å²) in [7, 11) is 0. The van der Waals surface area contributed by atoms with Crippen LogP contribution in [0.5, 0.6) is 5.75 Å². The molecule has 8 nitrogen and oxygen atoms in total. The molecule has 154 valence electrons. The minimum atomic E-state index is -0.295. The molecule has 3 rings (SSSR count). The number of morpholine rings is 1. The molecule has 1 saturated carbocycles. The Hall–Kier alpha value is -2.19. The monoisotopic (exact) mass is 391 g/mol. The van der Waals surface area contributed by atoms with Gasteiger partial charge in [-0.1, -0.05) is 6.92 Å². The van der Waals surface area contributed by atoms with E-state index in [1.54, 1.807) is 0 Å². The number of aromatic nitrogens is 1. The van der Waals surface area contributed by atoms with Crippen LogP contribution in [0.1, 0.15) is 43.0 Å². The van der Waals surface area contributed by atoms with Gasteiger partial charge in [-0.15, -0.1) is 0 Å². The summed E-state index contributed by atoms with van der Waals surface area (Å²) in [5, 5.41) is 12.5. The van der Waals surface area contributed by atoms with Gasteiger partial charge in [0.2, 0.25) is 5.91 Å². The summed E-state index contributed by atoms with van der Waals surface area (Å²) >= 11 is 0. The number of nitrogens with one attached hydrogen (secondary N) is 1. The lowest BCUT2D eigenvalue weighted by Gasteiger charge is -2.38.